The molecule has 1 unspecified atom stereocenters. The van der Waals surface area contributed by atoms with Gasteiger partial charge in [0, 0.05) is 6.20 Å². The van der Waals surface area contributed by atoms with E-state index in [9.17, 15) is 0 Å². The molecule has 2 heterocycles. The fourth-order valence-electron chi connectivity index (χ4n) is 1.09. The van der Waals surface area contributed by atoms with Gasteiger partial charge in [-0.1, -0.05) is 0 Å². The van der Waals surface area contributed by atoms with Crippen LogP contribution in [-0.2, 0) is 4.74 Å². The highest BCUT2D eigenvalue weighted by Gasteiger charge is 2.26. The van der Waals surface area contributed by atoms with Crippen LogP contribution in [-0.4, -0.2) is 11.6 Å². The average Bonchev–Trinajstić information content (AvgIpc) is 2.86. The summed E-state index contributed by atoms with van der Waals surface area (Å²) < 4.78 is 5.08. The van der Waals surface area contributed by atoms with Crippen molar-refractivity contribution >= 4 is 0 Å². The Morgan fingerprint density at radius 2 is 2.50 bits per heavy atom. The van der Waals surface area contributed by atoms with E-state index in [4.69, 9.17) is 10.00 Å². The molecule has 1 aromatic heterocycles. The molecule has 2 rings (SSSR count). The maximum atomic E-state index is 8.64. The van der Waals surface area contributed by atoms with Gasteiger partial charge in [0.2, 0.25) is 0 Å². The number of epoxide rings is 1. The fraction of sp³-hybridized carbons (Fsp3) is 0.333. The smallest absolute Gasteiger partial charge is 0.123 e. The van der Waals surface area contributed by atoms with E-state index >= 15 is 0 Å². The van der Waals surface area contributed by atoms with Crippen molar-refractivity contribution in [3.63, 3.8) is 0 Å². The number of aryl methyl sites for hydroxylation is 1. The molecule has 0 radical (unpaired) electrons. The monoisotopic (exact) mass is 160 g/mol. The first-order valence-corrected chi connectivity index (χ1v) is 3.79. The molecule has 0 N–H and O–H groups in total. The first-order chi connectivity index (χ1) is 5.81. The van der Waals surface area contributed by atoms with Gasteiger partial charge in [0.15, 0.2) is 0 Å². The quantitative estimate of drug-likeness (QED) is 0.582. The van der Waals surface area contributed by atoms with E-state index in [1.165, 1.54) is 0 Å². The maximum Gasteiger partial charge on any atom is 0.123 e. The van der Waals surface area contributed by atoms with Gasteiger partial charge in [0.25, 0.3) is 0 Å². The average molecular weight is 160 g/mol. The van der Waals surface area contributed by atoms with Crippen molar-refractivity contribution in [1.82, 2.24) is 4.98 Å². The first-order valence-electron chi connectivity index (χ1n) is 3.79. The van der Waals surface area contributed by atoms with Crippen molar-refractivity contribution in [2.45, 2.75) is 13.0 Å². The van der Waals surface area contributed by atoms with E-state index < -0.39 is 0 Å². The van der Waals surface area contributed by atoms with Crippen molar-refractivity contribution < 1.29 is 4.74 Å². The molecule has 0 aromatic carbocycles. The number of rotatable bonds is 1. The van der Waals surface area contributed by atoms with E-state index in [-0.39, 0.29) is 6.10 Å². The molecule has 1 aliphatic rings. The number of nitrogens with zero attached hydrogens (tertiary/aromatic N) is 2. The maximum absolute atomic E-state index is 8.64. The Labute approximate surface area is 70.6 Å². The lowest BCUT2D eigenvalue weighted by molar-refractivity contribution is 0.411. The third-order valence-corrected chi connectivity index (χ3v) is 1.92. The normalized spacial score (nSPS) is 20.2. The van der Waals surface area contributed by atoms with Crippen molar-refractivity contribution in [2.75, 3.05) is 6.61 Å². The molecule has 0 bridgehead atoms. The van der Waals surface area contributed by atoms with Gasteiger partial charge in [-0.05, 0) is 18.6 Å². The summed E-state index contributed by atoms with van der Waals surface area (Å²) in [4.78, 5) is 4.12. The van der Waals surface area contributed by atoms with Crippen LogP contribution in [0.15, 0.2) is 12.3 Å². The molecule has 0 saturated carbocycles. The van der Waals surface area contributed by atoms with E-state index in [2.05, 4.69) is 11.1 Å². The second-order valence-corrected chi connectivity index (χ2v) is 2.86. The van der Waals surface area contributed by atoms with Crippen molar-refractivity contribution in [3.8, 4) is 6.07 Å². The molecule has 0 amide bonds. The fourth-order valence-corrected chi connectivity index (χ4v) is 1.09. The molecule has 12 heavy (non-hydrogen) atoms. The van der Waals surface area contributed by atoms with Gasteiger partial charge in [-0.2, -0.15) is 5.26 Å². The van der Waals surface area contributed by atoms with Crippen LogP contribution in [0.2, 0.25) is 0 Å². The van der Waals surface area contributed by atoms with Crippen molar-refractivity contribution in [1.29, 1.82) is 5.26 Å². The number of nitriles is 1. The first kappa shape index (κ1) is 7.26. The van der Waals surface area contributed by atoms with E-state index in [0.29, 0.717) is 5.56 Å². The molecule has 1 atom stereocenters. The second-order valence-electron chi connectivity index (χ2n) is 2.86. The number of pyridine rings is 1. The SMILES string of the molecule is Cc1cc(C2CO2)ncc1C#N. The largest absolute Gasteiger partial charge is 0.366 e. The minimum Gasteiger partial charge on any atom is -0.366 e. The van der Waals surface area contributed by atoms with Crippen molar-refractivity contribution in [3.05, 3.63) is 29.1 Å². The lowest BCUT2D eigenvalue weighted by Crippen LogP contribution is -1.91. The lowest BCUT2D eigenvalue weighted by atomic mass is 10.1. The standard InChI is InChI=1S/C9H8N2O/c1-6-2-8(9-5-12-9)11-4-7(6)3-10/h2,4,9H,5H2,1H3. The number of ether oxygens (including phenoxy) is 1. The zero-order chi connectivity index (χ0) is 8.55. The number of hydrogen-bond acceptors (Lipinski definition) is 3. The van der Waals surface area contributed by atoms with Crippen molar-refractivity contribution in [2.24, 2.45) is 0 Å². The second kappa shape index (κ2) is 2.58. The summed E-state index contributed by atoms with van der Waals surface area (Å²) in [6.07, 6.45) is 1.78. The Hall–Kier alpha value is -1.40. The highest BCUT2D eigenvalue weighted by molar-refractivity contribution is 5.36. The van der Waals surface area contributed by atoms with E-state index in [0.717, 1.165) is 17.9 Å². The van der Waals surface area contributed by atoms with E-state index in [1.807, 2.05) is 13.0 Å². The molecule has 3 nitrogen and oxygen atoms in total. The lowest BCUT2D eigenvalue weighted by Gasteiger charge is -1.98. The van der Waals surface area contributed by atoms with Gasteiger partial charge in [-0.25, -0.2) is 0 Å². The van der Waals surface area contributed by atoms with Gasteiger partial charge >= 0.3 is 0 Å². The molecule has 3 heteroatoms. The Morgan fingerprint density at radius 3 is 3.00 bits per heavy atom. The van der Waals surface area contributed by atoms with Crippen LogP contribution in [0.3, 0.4) is 0 Å². The molecule has 1 aliphatic heterocycles. The van der Waals surface area contributed by atoms with Gasteiger partial charge in [-0.15, -0.1) is 0 Å². The predicted octanol–water partition coefficient (Wildman–Crippen LogP) is 1.33. The summed E-state index contributed by atoms with van der Waals surface area (Å²) in [5, 5.41) is 8.64. The van der Waals surface area contributed by atoms with Crippen LogP contribution in [0.4, 0.5) is 0 Å². The minimum absolute atomic E-state index is 0.177. The molecular formula is C9H8N2O. The summed E-state index contributed by atoms with van der Waals surface area (Å²) in [6, 6.07) is 3.99. The predicted molar refractivity (Wildman–Crippen MR) is 42.4 cm³/mol. The van der Waals surface area contributed by atoms with Gasteiger partial charge in [-0.3, -0.25) is 4.98 Å². The molecule has 1 aromatic rings. The van der Waals surface area contributed by atoms with Crippen LogP contribution in [0.1, 0.15) is 22.9 Å². The van der Waals surface area contributed by atoms with Crippen LogP contribution >= 0.6 is 0 Å². The van der Waals surface area contributed by atoms with Crippen LogP contribution in [0.5, 0.6) is 0 Å². The van der Waals surface area contributed by atoms with Gasteiger partial charge in [0.1, 0.15) is 12.2 Å². The molecule has 1 saturated heterocycles. The third kappa shape index (κ3) is 1.17. The Morgan fingerprint density at radius 1 is 1.75 bits per heavy atom. The summed E-state index contributed by atoms with van der Waals surface area (Å²) in [5.74, 6) is 0. The van der Waals surface area contributed by atoms with Crippen LogP contribution in [0.25, 0.3) is 0 Å². The molecule has 0 spiro atoms. The Balaban J connectivity index is 2.38. The molecule has 0 aliphatic carbocycles. The Bertz CT molecular complexity index is 350. The zero-order valence-corrected chi connectivity index (χ0v) is 6.74. The van der Waals surface area contributed by atoms with Crippen LogP contribution in [0, 0.1) is 18.3 Å². The number of aromatic nitrogens is 1. The zero-order valence-electron chi connectivity index (χ0n) is 6.74. The van der Waals surface area contributed by atoms with E-state index in [1.54, 1.807) is 6.20 Å². The molecule has 1 fully saturated rings. The number of hydrogen-bond donors (Lipinski definition) is 0. The third-order valence-electron chi connectivity index (χ3n) is 1.92. The molecular weight excluding hydrogens is 152 g/mol. The Kier molecular flexibility index (Phi) is 1.56. The summed E-state index contributed by atoms with van der Waals surface area (Å²) in [5.41, 5.74) is 2.55. The van der Waals surface area contributed by atoms with Gasteiger partial charge < -0.3 is 4.74 Å². The van der Waals surface area contributed by atoms with Crippen LogP contribution < -0.4 is 0 Å². The highest BCUT2D eigenvalue weighted by atomic mass is 16.6. The topological polar surface area (TPSA) is 49.2 Å². The van der Waals surface area contributed by atoms with Gasteiger partial charge in [0.05, 0.1) is 17.9 Å². The molecule has 60 valence electrons. The summed E-state index contributed by atoms with van der Waals surface area (Å²) in [7, 11) is 0. The summed E-state index contributed by atoms with van der Waals surface area (Å²) >= 11 is 0. The summed E-state index contributed by atoms with van der Waals surface area (Å²) in [6.45, 7) is 2.67. The highest BCUT2D eigenvalue weighted by Crippen LogP contribution is 2.28. The minimum atomic E-state index is 0.177.